The summed E-state index contributed by atoms with van der Waals surface area (Å²) in [5.74, 6) is 0.898. The molecular formula is C19H22N2O2S. The van der Waals surface area contributed by atoms with E-state index in [0.717, 1.165) is 29.9 Å². The molecule has 0 spiro atoms. The Morgan fingerprint density at radius 1 is 1.21 bits per heavy atom. The van der Waals surface area contributed by atoms with Crippen molar-refractivity contribution in [2.75, 3.05) is 12.3 Å². The Balaban J connectivity index is 1.44. The number of fused-ring (bicyclic) bond motifs is 1. The van der Waals surface area contributed by atoms with E-state index in [2.05, 4.69) is 11.4 Å². The number of thioether (sulfide) groups is 1. The second kappa shape index (κ2) is 7.71. The highest BCUT2D eigenvalue weighted by atomic mass is 32.2. The highest BCUT2D eigenvalue weighted by molar-refractivity contribution is 7.99. The van der Waals surface area contributed by atoms with Crippen LogP contribution in [0.25, 0.3) is 0 Å². The van der Waals surface area contributed by atoms with E-state index < -0.39 is 0 Å². The van der Waals surface area contributed by atoms with E-state index in [1.165, 1.54) is 4.90 Å². The lowest BCUT2D eigenvalue weighted by Gasteiger charge is -2.12. The van der Waals surface area contributed by atoms with Crippen LogP contribution in [0.3, 0.4) is 0 Å². The lowest BCUT2D eigenvalue weighted by Crippen LogP contribution is -2.30. The Morgan fingerprint density at radius 2 is 2.04 bits per heavy atom. The first-order valence-electron chi connectivity index (χ1n) is 8.33. The maximum absolute atomic E-state index is 12.4. The van der Waals surface area contributed by atoms with E-state index >= 15 is 0 Å². The van der Waals surface area contributed by atoms with Crippen LogP contribution in [0.15, 0.2) is 52.2 Å². The van der Waals surface area contributed by atoms with Crippen molar-refractivity contribution in [1.29, 1.82) is 0 Å². The molecule has 0 saturated carbocycles. The van der Waals surface area contributed by atoms with Crippen molar-refractivity contribution in [3.05, 3.63) is 64.1 Å². The van der Waals surface area contributed by atoms with Gasteiger partial charge < -0.3 is 9.88 Å². The molecule has 4 nitrogen and oxygen atoms in total. The van der Waals surface area contributed by atoms with Crippen molar-refractivity contribution in [3.8, 4) is 0 Å². The molecule has 2 aromatic rings. The summed E-state index contributed by atoms with van der Waals surface area (Å²) in [4.78, 5) is 25.4. The average Bonchev–Trinajstić information content (AvgIpc) is 3.01. The van der Waals surface area contributed by atoms with Gasteiger partial charge in [0.2, 0.25) is 5.91 Å². The number of benzene rings is 1. The van der Waals surface area contributed by atoms with Crippen molar-refractivity contribution in [3.63, 3.8) is 0 Å². The van der Waals surface area contributed by atoms with Crippen molar-refractivity contribution >= 4 is 17.7 Å². The lowest BCUT2D eigenvalue weighted by molar-refractivity contribution is -0.122. The number of carbonyl (C=O) groups is 1. The van der Waals surface area contributed by atoms with Crippen LogP contribution in [-0.4, -0.2) is 22.8 Å². The highest BCUT2D eigenvalue weighted by Gasteiger charge is 2.28. The Morgan fingerprint density at radius 3 is 2.88 bits per heavy atom. The van der Waals surface area contributed by atoms with Crippen molar-refractivity contribution in [1.82, 2.24) is 9.88 Å². The summed E-state index contributed by atoms with van der Waals surface area (Å²) in [7, 11) is 0. The van der Waals surface area contributed by atoms with Gasteiger partial charge in [-0.25, -0.2) is 0 Å². The molecule has 0 fully saturated rings. The standard InChI is InChI=1S/C19H22N2O2S/c1-14-7-6-10-18(22)21(14)12-5-4-11-20-19(23)16-13-24-17-9-3-2-8-15(16)17/h2-3,6-10,16H,4-5,11-13H2,1H3,(H,20,23)/t16-/m0/s1. The van der Waals surface area contributed by atoms with Crippen LogP contribution >= 0.6 is 11.8 Å². The fourth-order valence-corrected chi connectivity index (χ4v) is 4.25. The van der Waals surface area contributed by atoms with Crippen LogP contribution < -0.4 is 10.9 Å². The molecule has 0 bridgehead atoms. The summed E-state index contributed by atoms with van der Waals surface area (Å²) >= 11 is 1.75. The number of aryl methyl sites for hydroxylation is 1. The molecule has 1 aromatic carbocycles. The summed E-state index contributed by atoms with van der Waals surface area (Å²) < 4.78 is 1.78. The molecule has 1 aromatic heterocycles. The molecule has 24 heavy (non-hydrogen) atoms. The van der Waals surface area contributed by atoms with Crippen molar-refractivity contribution in [2.24, 2.45) is 0 Å². The minimum Gasteiger partial charge on any atom is -0.356 e. The number of unbranched alkanes of at least 4 members (excludes halogenated alkanes) is 1. The van der Waals surface area contributed by atoms with Gasteiger partial charge in [0.15, 0.2) is 0 Å². The normalized spacial score (nSPS) is 16.0. The number of pyridine rings is 1. The maximum atomic E-state index is 12.4. The van der Waals surface area contributed by atoms with Crippen LogP contribution in [0.1, 0.15) is 30.0 Å². The van der Waals surface area contributed by atoms with Gasteiger partial charge in [-0.05, 0) is 37.5 Å². The largest absolute Gasteiger partial charge is 0.356 e. The quantitative estimate of drug-likeness (QED) is 0.821. The predicted molar refractivity (Wildman–Crippen MR) is 97.6 cm³/mol. The molecule has 1 aliphatic heterocycles. The van der Waals surface area contributed by atoms with Crippen LogP contribution in [-0.2, 0) is 11.3 Å². The zero-order valence-electron chi connectivity index (χ0n) is 13.8. The van der Waals surface area contributed by atoms with E-state index in [0.29, 0.717) is 13.1 Å². The Kier molecular flexibility index (Phi) is 5.41. The summed E-state index contributed by atoms with van der Waals surface area (Å²) in [6, 6.07) is 13.4. The zero-order valence-corrected chi connectivity index (χ0v) is 14.6. The molecule has 1 atom stereocenters. The van der Waals surface area contributed by atoms with Gasteiger partial charge in [-0.2, -0.15) is 0 Å². The number of rotatable bonds is 6. The molecular weight excluding hydrogens is 320 g/mol. The first-order valence-corrected chi connectivity index (χ1v) is 9.31. The van der Waals surface area contributed by atoms with Gasteiger partial charge in [0.05, 0.1) is 5.92 Å². The molecule has 126 valence electrons. The molecule has 2 heterocycles. The van der Waals surface area contributed by atoms with Gasteiger partial charge in [-0.15, -0.1) is 11.8 Å². The number of carbonyl (C=O) groups excluding carboxylic acids is 1. The first-order chi connectivity index (χ1) is 11.7. The SMILES string of the molecule is Cc1cccc(=O)n1CCCCNC(=O)[C@H]1CSc2ccccc21. The Hall–Kier alpha value is -2.01. The van der Waals surface area contributed by atoms with Crippen LogP contribution in [0.2, 0.25) is 0 Å². The Labute approximate surface area is 146 Å². The third-order valence-electron chi connectivity index (χ3n) is 4.39. The number of hydrogen-bond donors (Lipinski definition) is 1. The van der Waals surface area contributed by atoms with Crippen LogP contribution in [0.4, 0.5) is 0 Å². The average molecular weight is 342 g/mol. The fraction of sp³-hybridized carbons (Fsp3) is 0.368. The van der Waals surface area contributed by atoms with Crippen LogP contribution in [0.5, 0.6) is 0 Å². The zero-order chi connectivity index (χ0) is 16.9. The molecule has 3 rings (SSSR count). The second-order valence-electron chi connectivity index (χ2n) is 6.06. The van der Waals surface area contributed by atoms with Gasteiger partial charge in [-0.3, -0.25) is 9.59 Å². The number of amides is 1. The van der Waals surface area contributed by atoms with Crippen LogP contribution in [0, 0.1) is 6.92 Å². The molecule has 0 unspecified atom stereocenters. The third kappa shape index (κ3) is 3.73. The van der Waals surface area contributed by atoms with Gasteiger partial charge in [0, 0.05) is 35.5 Å². The smallest absolute Gasteiger partial charge is 0.250 e. The predicted octanol–water partition coefficient (Wildman–Crippen LogP) is 2.94. The molecule has 1 amide bonds. The van der Waals surface area contributed by atoms with Crippen molar-refractivity contribution < 1.29 is 4.79 Å². The Bertz CT molecular complexity index is 785. The van der Waals surface area contributed by atoms with E-state index in [1.807, 2.05) is 31.2 Å². The molecule has 1 N–H and O–H groups in total. The van der Waals surface area contributed by atoms with Gasteiger partial charge in [0.1, 0.15) is 0 Å². The topological polar surface area (TPSA) is 51.1 Å². The summed E-state index contributed by atoms with van der Waals surface area (Å²) in [6.45, 7) is 3.30. The maximum Gasteiger partial charge on any atom is 0.250 e. The number of nitrogens with one attached hydrogen (secondary N) is 1. The number of aromatic nitrogens is 1. The highest BCUT2D eigenvalue weighted by Crippen LogP contribution is 2.39. The summed E-state index contributed by atoms with van der Waals surface area (Å²) in [5.41, 5.74) is 2.16. The van der Waals surface area contributed by atoms with Crippen molar-refractivity contribution in [2.45, 2.75) is 37.1 Å². The summed E-state index contributed by atoms with van der Waals surface area (Å²) in [6.07, 6.45) is 1.75. The van der Waals surface area contributed by atoms with E-state index in [1.54, 1.807) is 28.5 Å². The molecule has 1 aliphatic rings. The van der Waals surface area contributed by atoms with E-state index in [-0.39, 0.29) is 17.4 Å². The second-order valence-corrected chi connectivity index (χ2v) is 7.12. The summed E-state index contributed by atoms with van der Waals surface area (Å²) in [5, 5.41) is 3.04. The first kappa shape index (κ1) is 16.8. The van der Waals surface area contributed by atoms with Gasteiger partial charge in [-0.1, -0.05) is 24.3 Å². The molecule has 5 heteroatoms. The fourth-order valence-electron chi connectivity index (χ4n) is 3.02. The molecule has 0 saturated heterocycles. The number of hydrogen-bond acceptors (Lipinski definition) is 3. The molecule has 0 radical (unpaired) electrons. The van der Waals surface area contributed by atoms with E-state index in [4.69, 9.17) is 0 Å². The third-order valence-corrected chi connectivity index (χ3v) is 5.57. The monoisotopic (exact) mass is 342 g/mol. The van der Waals surface area contributed by atoms with Gasteiger partial charge >= 0.3 is 0 Å². The lowest BCUT2D eigenvalue weighted by atomic mass is 10.0. The molecule has 0 aliphatic carbocycles. The minimum atomic E-state index is -0.0369. The number of nitrogens with zero attached hydrogens (tertiary/aromatic N) is 1. The van der Waals surface area contributed by atoms with Gasteiger partial charge in [0.25, 0.3) is 5.56 Å². The van der Waals surface area contributed by atoms with E-state index in [9.17, 15) is 9.59 Å². The minimum absolute atomic E-state index is 0.0369.